The van der Waals surface area contributed by atoms with Crippen LogP contribution in [0.25, 0.3) is 0 Å². The van der Waals surface area contributed by atoms with Crippen LogP contribution >= 0.6 is 11.6 Å². The Morgan fingerprint density at radius 2 is 1.30 bits per heavy atom. The summed E-state index contributed by atoms with van der Waals surface area (Å²) in [4.78, 5) is 23.8. The maximum Gasteiger partial charge on any atom is 0.332 e. The van der Waals surface area contributed by atoms with Gasteiger partial charge >= 0.3 is 5.97 Å². The lowest BCUT2D eigenvalue weighted by Crippen LogP contribution is -2.26. The van der Waals surface area contributed by atoms with Gasteiger partial charge in [0.15, 0.2) is 11.2 Å². The molecule has 0 saturated heterocycles. The van der Waals surface area contributed by atoms with E-state index in [0.29, 0.717) is 12.2 Å². The molecule has 1 aromatic carbocycles. The first-order valence-corrected chi connectivity index (χ1v) is 12.1. The Morgan fingerprint density at radius 1 is 0.800 bits per heavy atom. The number of ether oxygens (including phenoxy) is 2. The lowest BCUT2D eigenvalue weighted by atomic mass is 10.1. The van der Waals surface area contributed by atoms with Crippen molar-refractivity contribution >= 4 is 23.4 Å². The monoisotopic (exact) mass is 438 g/mol. The second-order valence-electron chi connectivity index (χ2n) is 7.74. The van der Waals surface area contributed by atoms with E-state index in [9.17, 15) is 9.59 Å². The number of unbranched alkanes of at least 4 members (excludes halogenated alkanes) is 11. The van der Waals surface area contributed by atoms with Crippen LogP contribution in [0, 0.1) is 0 Å². The Kier molecular flexibility index (Phi) is 15.2. The highest BCUT2D eigenvalue weighted by Crippen LogP contribution is 2.17. The number of esters is 1. The zero-order valence-electron chi connectivity index (χ0n) is 18.8. The van der Waals surface area contributed by atoms with Gasteiger partial charge in [-0.05, 0) is 37.6 Å². The average Bonchev–Trinajstić information content (AvgIpc) is 2.76. The number of benzene rings is 1. The van der Waals surface area contributed by atoms with Gasteiger partial charge in [0.05, 0.1) is 13.2 Å². The lowest BCUT2D eigenvalue weighted by Gasteiger charge is -2.09. The van der Waals surface area contributed by atoms with Crippen molar-refractivity contribution in [1.29, 1.82) is 0 Å². The third-order valence-electron chi connectivity index (χ3n) is 5.13. The van der Waals surface area contributed by atoms with Crippen molar-refractivity contribution in [3.63, 3.8) is 0 Å². The molecular weight excluding hydrogens is 400 g/mol. The molecule has 1 rings (SSSR count). The minimum Gasteiger partial charge on any atom is -0.494 e. The van der Waals surface area contributed by atoms with Crippen LogP contribution in [0.2, 0.25) is 0 Å². The molecule has 0 fully saturated rings. The number of carbonyl (C=O) groups excluding carboxylic acids is 2. The summed E-state index contributed by atoms with van der Waals surface area (Å²) in [6.07, 6.45) is 15.8. The van der Waals surface area contributed by atoms with E-state index in [1.54, 1.807) is 31.2 Å². The Hall–Kier alpha value is -1.55. The number of ketones is 1. The zero-order chi connectivity index (χ0) is 22.0. The summed E-state index contributed by atoms with van der Waals surface area (Å²) in [5.74, 6) is -0.448. The van der Waals surface area contributed by atoms with Crippen LogP contribution in [0.4, 0.5) is 0 Å². The van der Waals surface area contributed by atoms with Crippen LogP contribution in [0.1, 0.15) is 101 Å². The van der Waals surface area contributed by atoms with E-state index in [2.05, 4.69) is 6.92 Å². The van der Waals surface area contributed by atoms with Crippen LogP contribution in [0.15, 0.2) is 24.3 Å². The quantitative estimate of drug-likeness (QED) is 0.0804. The molecule has 30 heavy (non-hydrogen) atoms. The topological polar surface area (TPSA) is 52.6 Å². The van der Waals surface area contributed by atoms with Crippen molar-refractivity contribution < 1.29 is 19.1 Å². The largest absolute Gasteiger partial charge is 0.494 e. The molecule has 0 radical (unpaired) electrons. The van der Waals surface area contributed by atoms with Crippen LogP contribution in [0.3, 0.4) is 0 Å². The summed E-state index contributed by atoms with van der Waals surface area (Å²) >= 11 is 5.88. The predicted molar refractivity (Wildman–Crippen MR) is 124 cm³/mol. The standard InChI is InChI=1S/C25H39ClO4/c1-3-5-6-7-8-9-10-11-12-13-14-15-20-30-22-18-16-21(17-19-22)24(27)23(26)25(28)29-4-2/h16-19,23H,3-15,20H2,1-2H3. The maximum atomic E-state index is 12.2. The zero-order valence-corrected chi connectivity index (χ0v) is 19.6. The van der Waals surface area contributed by atoms with Crippen LogP contribution in [-0.4, -0.2) is 30.3 Å². The maximum absolute atomic E-state index is 12.2. The number of Topliss-reactive ketones (excluding diaryl/α,β-unsaturated/α-hetero) is 1. The number of hydrogen-bond donors (Lipinski definition) is 0. The second kappa shape index (κ2) is 17.2. The fourth-order valence-electron chi connectivity index (χ4n) is 3.32. The van der Waals surface area contributed by atoms with Gasteiger partial charge < -0.3 is 9.47 Å². The number of hydrogen-bond acceptors (Lipinski definition) is 4. The summed E-state index contributed by atoms with van der Waals surface area (Å²) in [5.41, 5.74) is 0.376. The van der Waals surface area contributed by atoms with E-state index in [1.807, 2.05) is 0 Å². The van der Waals surface area contributed by atoms with Crippen LogP contribution in [-0.2, 0) is 9.53 Å². The highest BCUT2D eigenvalue weighted by atomic mass is 35.5. The molecule has 0 heterocycles. The van der Waals surface area contributed by atoms with Crippen molar-refractivity contribution in [2.75, 3.05) is 13.2 Å². The number of carbonyl (C=O) groups is 2. The fourth-order valence-corrected chi connectivity index (χ4v) is 3.51. The Bertz CT molecular complexity index is 585. The van der Waals surface area contributed by atoms with Crippen molar-refractivity contribution in [3.05, 3.63) is 29.8 Å². The SMILES string of the molecule is CCCCCCCCCCCCCCOc1ccc(C(=O)C(Cl)C(=O)OCC)cc1. The van der Waals surface area contributed by atoms with Gasteiger partial charge in [-0.2, -0.15) is 0 Å². The molecule has 0 aliphatic rings. The van der Waals surface area contributed by atoms with Gasteiger partial charge in [-0.1, -0.05) is 77.6 Å². The molecule has 1 unspecified atom stereocenters. The second-order valence-corrected chi connectivity index (χ2v) is 8.18. The van der Waals surface area contributed by atoms with E-state index < -0.39 is 17.1 Å². The van der Waals surface area contributed by atoms with E-state index in [-0.39, 0.29) is 6.61 Å². The molecule has 0 saturated carbocycles. The van der Waals surface area contributed by atoms with Gasteiger partial charge in [-0.15, -0.1) is 11.6 Å². The van der Waals surface area contributed by atoms with E-state index >= 15 is 0 Å². The third-order valence-corrected chi connectivity index (χ3v) is 5.51. The highest BCUT2D eigenvalue weighted by Gasteiger charge is 2.26. The molecule has 5 heteroatoms. The van der Waals surface area contributed by atoms with Gasteiger partial charge in [0.25, 0.3) is 0 Å². The Balaban J connectivity index is 2.09. The molecule has 0 aliphatic heterocycles. The van der Waals surface area contributed by atoms with Crippen molar-refractivity contribution in [2.45, 2.75) is 96.3 Å². The third kappa shape index (κ3) is 11.6. The number of alkyl halides is 1. The average molecular weight is 439 g/mol. The van der Waals surface area contributed by atoms with Gasteiger partial charge in [0.2, 0.25) is 0 Å². The molecule has 0 N–H and O–H groups in total. The molecule has 1 atom stereocenters. The van der Waals surface area contributed by atoms with E-state index in [0.717, 1.165) is 12.2 Å². The molecule has 0 aliphatic carbocycles. The fraction of sp³-hybridized carbons (Fsp3) is 0.680. The summed E-state index contributed by atoms with van der Waals surface area (Å²) in [7, 11) is 0. The summed E-state index contributed by atoms with van der Waals surface area (Å²) in [6, 6.07) is 6.74. The minimum atomic E-state index is -1.31. The summed E-state index contributed by atoms with van der Waals surface area (Å²) < 4.78 is 10.5. The predicted octanol–water partition coefficient (Wildman–Crippen LogP) is 7.12. The van der Waals surface area contributed by atoms with E-state index in [1.165, 1.54) is 70.6 Å². The molecule has 4 nitrogen and oxygen atoms in total. The minimum absolute atomic E-state index is 0.196. The van der Waals surface area contributed by atoms with Gasteiger partial charge in [-0.3, -0.25) is 4.79 Å². The van der Waals surface area contributed by atoms with Crippen molar-refractivity contribution in [1.82, 2.24) is 0 Å². The lowest BCUT2D eigenvalue weighted by molar-refractivity contribution is -0.141. The normalized spacial score (nSPS) is 11.8. The Labute approximate surface area is 187 Å². The van der Waals surface area contributed by atoms with Gasteiger partial charge in [0.1, 0.15) is 5.75 Å². The first-order chi connectivity index (χ1) is 14.6. The molecule has 170 valence electrons. The van der Waals surface area contributed by atoms with Gasteiger partial charge in [-0.25, -0.2) is 4.79 Å². The Morgan fingerprint density at radius 3 is 1.80 bits per heavy atom. The molecule has 0 bridgehead atoms. The van der Waals surface area contributed by atoms with Gasteiger partial charge in [0, 0.05) is 5.56 Å². The molecule has 0 spiro atoms. The molecular formula is C25H39ClO4. The highest BCUT2D eigenvalue weighted by molar-refractivity contribution is 6.43. The smallest absolute Gasteiger partial charge is 0.332 e. The van der Waals surface area contributed by atoms with Crippen LogP contribution in [0.5, 0.6) is 5.75 Å². The first kappa shape index (κ1) is 26.5. The number of rotatable bonds is 18. The van der Waals surface area contributed by atoms with Crippen LogP contribution < -0.4 is 4.74 Å². The molecule has 0 aromatic heterocycles. The van der Waals surface area contributed by atoms with Crippen molar-refractivity contribution in [3.8, 4) is 5.75 Å². The summed E-state index contributed by atoms with van der Waals surface area (Å²) in [6.45, 7) is 4.80. The number of halogens is 1. The first-order valence-electron chi connectivity index (χ1n) is 11.7. The summed E-state index contributed by atoms with van der Waals surface area (Å²) in [5, 5.41) is -1.31. The molecule has 0 amide bonds. The molecule has 1 aromatic rings. The van der Waals surface area contributed by atoms with E-state index in [4.69, 9.17) is 21.1 Å². The van der Waals surface area contributed by atoms with Crippen molar-refractivity contribution in [2.24, 2.45) is 0 Å².